The number of hydrogen-bond acceptors (Lipinski definition) is 4. The molecule has 1 saturated heterocycles. The number of hydrogen-bond donors (Lipinski definition) is 0. The summed E-state index contributed by atoms with van der Waals surface area (Å²) in [6.07, 6.45) is -4.00. The first-order chi connectivity index (χ1) is 15.0. The van der Waals surface area contributed by atoms with Gasteiger partial charge in [-0.3, -0.25) is 4.79 Å². The first-order valence-electron chi connectivity index (χ1n) is 9.80. The van der Waals surface area contributed by atoms with Crippen LogP contribution >= 0.6 is 11.6 Å². The van der Waals surface area contributed by atoms with Gasteiger partial charge in [-0.05, 0) is 42.3 Å². The lowest BCUT2D eigenvalue weighted by atomic mass is 10.1. The van der Waals surface area contributed by atoms with Crippen molar-refractivity contribution in [2.45, 2.75) is 23.9 Å². The SMILES string of the molecule is COc1cccc(CCC(=O)N2CCN(S(=O)(=O)c3ccc(Cl)c(C(F)(F)F)c3)CC2)c1. The highest BCUT2D eigenvalue weighted by Crippen LogP contribution is 2.36. The smallest absolute Gasteiger partial charge is 0.417 e. The third-order valence-corrected chi connectivity index (χ3v) is 7.46. The van der Waals surface area contributed by atoms with E-state index in [4.69, 9.17) is 16.3 Å². The minimum atomic E-state index is -4.77. The van der Waals surface area contributed by atoms with Gasteiger partial charge < -0.3 is 9.64 Å². The number of carbonyl (C=O) groups is 1. The van der Waals surface area contributed by atoms with E-state index in [2.05, 4.69) is 0 Å². The van der Waals surface area contributed by atoms with Crippen LogP contribution in [0.2, 0.25) is 5.02 Å². The summed E-state index contributed by atoms with van der Waals surface area (Å²) in [6.45, 7) is 0.320. The number of aryl methyl sites for hydroxylation is 1. The van der Waals surface area contributed by atoms with Crippen molar-refractivity contribution in [3.05, 3.63) is 58.6 Å². The van der Waals surface area contributed by atoms with Gasteiger partial charge in [0, 0.05) is 32.6 Å². The summed E-state index contributed by atoms with van der Waals surface area (Å²) in [5.41, 5.74) is -0.256. The summed E-state index contributed by atoms with van der Waals surface area (Å²) in [7, 11) is -2.59. The first kappa shape index (κ1) is 24.3. The topological polar surface area (TPSA) is 66.9 Å². The van der Waals surface area contributed by atoms with Crippen LogP contribution in [0.3, 0.4) is 0 Å². The molecule has 32 heavy (non-hydrogen) atoms. The van der Waals surface area contributed by atoms with Crippen LogP contribution in [0.25, 0.3) is 0 Å². The summed E-state index contributed by atoms with van der Waals surface area (Å²) >= 11 is 5.58. The Balaban J connectivity index is 1.61. The van der Waals surface area contributed by atoms with Gasteiger partial charge in [0.05, 0.1) is 22.6 Å². The molecular weight excluding hydrogens is 469 g/mol. The monoisotopic (exact) mass is 490 g/mol. The molecule has 0 radical (unpaired) electrons. The second kappa shape index (κ2) is 9.68. The molecule has 2 aromatic carbocycles. The van der Waals surface area contributed by atoms with Crippen molar-refractivity contribution >= 4 is 27.5 Å². The zero-order valence-electron chi connectivity index (χ0n) is 17.2. The lowest BCUT2D eigenvalue weighted by Gasteiger charge is -2.34. The van der Waals surface area contributed by atoms with Crippen molar-refractivity contribution in [2.75, 3.05) is 33.3 Å². The molecule has 2 aromatic rings. The number of methoxy groups -OCH3 is 1. The standard InChI is InChI=1S/C21H22ClF3N2O4S/c1-31-16-4-2-3-15(13-16)5-8-20(28)26-9-11-27(12-10-26)32(29,30)17-6-7-19(22)18(14-17)21(23,24)25/h2-4,6-7,13-14H,5,8-12H2,1H3. The fourth-order valence-corrected chi connectivity index (χ4v) is 5.12. The van der Waals surface area contributed by atoms with Crippen LogP contribution in [-0.4, -0.2) is 56.8 Å². The molecule has 0 unspecified atom stereocenters. The molecule has 6 nitrogen and oxygen atoms in total. The molecular formula is C21H22ClF3N2O4S. The number of rotatable bonds is 6. The summed E-state index contributed by atoms with van der Waals surface area (Å²) in [5.74, 6) is 0.584. The maximum absolute atomic E-state index is 13.1. The number of nitrogens with zero attached hydrogens (tertiary/aromatic N) is 2. The van der Waals surface area contributed by atoms with E-state index in [-0.39, 0.29) is 38.5 Å². The fourth-order valence-electron chi connectivity index (χ4n) is 3.45. The molecule has 0 aromatic heterocycles. The van der Waals surface area contributed by atoms with Crippen LogP contribution < -0.4 is 4.74 Å². The van der Waals surface area contributed by atoms with E-state index in [0.29, 0.717) is 18.2 Å². The number of alkyl halides is 3. The van der Waals surface area contributed by atoms with Crippen molar-refractivity contribution in [3.63, 3.8) is 0 Å². The normalized spacial score (nSPS) is 15.6. The average molecular weight is 491 g/mol. The minimum absolute atomic E-state index is 0.00277. The van der Waals surface area contributed by atoms with Crippen LogP contribution in [0.15, 0.2) is 47.4 Å². The quantitative estimate of drug-likeness (QED) is 0.617. The predicted octanol–water partition coefficient (Wildman–Crippen LogP) is 3.83. The lowest BCUT2D eigenvalue weighted by molar-refractivity contribution is -0.137. The van der Waals surface area contributed by atoms with Crippen LogP contribution in [0.4, 0.5) is 13.2 Å². The number of amides is 1. The highest BCUT2D eigenvalue weighted by Gasteiger charge is 2.36. The van der Waals surface area contributed by atoms with E-state index >= 15 is 0 Å². The Morgan fingerprint density at radius 1 is 1.09 bits per heavy atom. The summed E-state index contributed by atoms with van der Waals surface area (Å²) in [5, 5.41) is -0.567. The number of halogens is 4. The van der Waals surface area contributed by atoms with Gasteiger partial charge in [-0.1, -0.05) is 23.7 Å². The summed E-state index contributed by atoms with van der Waals surface area (Å²) in [4.78, 5) is 13.6. The number of carbonyl (C=O) groups excluding carboxylic acids is 1. The number of sulfonamides is 1. The van der Waals surface area contributed by atoms with Crippen molar-refractivity contribution in [1.29, 1.82) is 0 Å². The molecule has 0 atom stereocenters. The van der Waals surface area contributed by atoms with Gasteiger partial charge >= 0.3 is 6.18 Å². The van der Waals surface area contributed by atoms with Crippen LogP contribution in [-0.2, 0) is 27.4 Å². The minimum Gasteiger partial charge on any atom is -0.497 e. The van der Waals surface area contributed by atoms with E-state index in [1.807, 2.05) is 24.3 Å². The van der Waals surface area contributed by atoms with Gasteiger partial charge in [0.25, 0.3) is 0 Å². The maximum Gasteiger partial charge on any atom is 0.417 e. The molecule has 0 bridgehead atoms. The van der Waals surface area contributed by atoms with Crippen LogP contribution in [0, 0.1) is 0 Å². The van der Waals surface area contributed by atoms with Gasteiger partial charge in [0.2, 0.25) is 15.9 Å². The predicted molar refractivity (Wildman–Crippen MR) is 113 cm³/mol. The average Bonchev–Trinajstić information content (AvgIpc) is 2.77. The Kier molecular flexibility index (Phi) is 7.36. The van der Waals surface area contributed by atoms with Crippen LogP contribution in [0.1, 0.15) is 17.5 Å². The largest absolute Gasteiger partial charge is 0.497 e. The molecule has 0 N–H and O–H groups in total. The molecule has 1 aliphatic heterocycles. The molecule has 11 heteroatoms. The van der Waals surface area contributed by atoms with E-state index in [1.165, 1.54) is 0 Å². The molecule has 1 fully saturated rings. The van der Waals surface area contributed by atoms with Gasteiger partial charge in [-0.15, -0.1) is 0 Å². The maximum atomic E-state index is 13.1. The first-order valence-corrected chi connectivity index (χ1v) is 11.6. The Bertz CT molecular complexity index is 1080. The lowest BCUT2D eigenvalue weighted by Crippen LogP contribution is -2.50. The molecule has 1 heterocycles. The second-order valence-electron chi connectivity index (χ2n) is 7.28. The highest BCUT2D eigenvalue weighted by atomic mass is 35.5. The van der Waals surface area contributed by atoms with Crippen molar-refractivity contribution < 1.29 is 31.1 Å². The Hall–Kier alpha value is -2.30. The van der Waals surface area contributed by atoms with Gasteiger partial charge in [-0.2, -0.15) is 17.5 Å². The molecule has 0 aliphatic carbocycles. The van der Waals surface area contributed by atoms with Gasteiger partial charge in [0.15, 0.2) is 0 Å². The summed E-state index contributed by atoms with van der Waals surface area (Å²) in [6, 6.07) is 9.91. The second-order valence-corrected chi connectivity index (χ2v) is 9.62. The highest BCUT2D eigenvalue weighted by molar-refractivity contribution is 7.89. The van der Waals surface area contributed by atoms with Crippen molar-refractivity contribution in [2.24, 2.45) is 0 Å². The number of ether oxygens (including phenoxy) is 1. The van der Waals surface area contributed by atoms with Gasteiger partial charge in [0.1, 0.15) is 5.75 Å². The summed E-state index contributed by atoms with van der Waals surface area (Å²) < 4.78 is 71.2. The molecule has 0 saturated carbocycles. The zero-order valence-corrected chi connectivity index (χ0v) is 18.8. The molecule has 0 spiro atoms. The Labute approximate surface area is 189 Å². The molecule has 3 rings (SSSR count). The zero-order chi connectivity index (χ0) is 23.5. The third-order valence-electron chi connectivity index (χ3n) is 5.23. The molecule has 174 valence electrons. The third kappa shape index (κ3) is 5.54. The molecule has 1 aliphatic rings. The Morgan fingerprint density at radius 3 is 2.41 bits per heavy atom. The van der Waals surface area contributed by atoms with Crippen LogP contribution in [0.5, 0.6) is 5.75 Å². The Morgan fingerprint density at radius 2 is 1.78 bits per heavy atom. The van der Waals surface area contributed by atoms with E-state index in [1.54, 1.807) is 12.0 Å². The number of piperazine rings is 1. The van der Waals surface area contributed by atoms with Crippen molar-refractivity contribution in [3.8, 4) is 5.75 Å². The molecule has 1 amide bonds. The van der Waals surface area contributed by atoms with E-state index in [9.17, 15) is 26.4 Å². The van der Waals surface area contributed by atoms with Crippen molar-refractivity contribution in [1.82, 2.24) is 9.21 Å². The fraction of sp³-hybridized carbons (Fsp3) is 0.381. The van der Waals surface area contributed by atoms with Gasteiger partial charge in [-0.25, -0.2) is 8.42 Å². The number of benzene rings is 2. The van der Waals surface area contributed by atoms with E-state index < -0.39 is 31.7 Å². The van der Waals surface area contributed by atoms with E-state index in [0.717, 1.165) is 22.0 Å².